The molecule has 20 heavy (non-hydrogen) atoms. The lowest BCUT2D eigenvalue weighted by Crippen LogP contribution is -2.25. The summed E-state index contributed by atoms with van der Waals surface area (Å²) in [6.07, 6.45) is 5.20. The van der Waals surface area contributed by atoms with Gasteiger partial charge in [-0.3, -0.25) is 0 Å². The molecule has 2 aromatic rings. The minimum absolute atomic E-state index is 0.276. The molecule has 1 aromatic carbocycles. The molecule has 0 aliphatic heterocycles. The van der Waals surface area contributed by atoms with Crippen molar-refractivity contribution in [3.8, 4) is 0 Å². The van der Waals surface area contributed by atoms with Crippen molar-refractivity contribution in [2.75, 3.05) is 6.54 Å². The van der Waals surface area contributed by atoms with Crippen LogP contribution in [0, 0.1) is 5.92 Å². The van der Waals surface area contributed by atoms with Gasteiger partial charge in [-0.25, -0.2) is 0 Å². The normalized spacial score (nSPS) is 14.6. The fourth-order valence-corrected chi connectivity index (χ4v) is 2.60. The topological polar surface area (TPSA) is 25.2 Å². The quantitative estimate of drug-likeness (QED) is 0.706. The summed E-state index contributed by atoms with van der Waals surface area (Å²) in [4.78, 5) is 0. The molecule has 0 spiro atoms. The molecule has 2 unspecified atom stereocenters. The SMILES string of the molecule is CCCCC(CC)CNC(C)c1cc2ccccc2o1. The Morgan fingerprint density at radius 3 is 2.70 bits per heavy atom. The molecule has 0 saturated carbocycles. The molecule has 1 aromatic heterocycles. The van der Waals surface area contributed by atoms with E-state index in [4.69, 9.17) is 4.42 Å². The van der Waals surface area contributed by atoms with Gasteiger partial charge < -0.3 is 9.73 Å². The van der Waals surface area contributed by atoms with Gasteiger partial charge in [0.2, 0.25) is 0 Å². The van der Waals surface area contributed by atoms with E-state index < -0.39 is 0 Å². The predicted octanol–water partition coefficient (Wildman–Crippen LogP) is 5.30. The Morgan fingerprint density at radius 1 is 1.20 bits per heavy atom. The van der Waals surface area contributed by atoms with Gasteiger partial charge in [0.1, 0.15) is 11.3 Å². The Kier molecular flexibility index (Phi) is 5.66. The number of unbranched alkanes of at least 4 members (excludes halogenated alkanes) is 1. The van der Waals surface area contributed by atoms with Crippen LogP contribution < -0.4 is 5.32 Å². The first-order chi connectivity index (χ1) is 9.74. The summed E-state index contributed by atoms with van der Waals surface area (Å²) in [7, 11) is 0. The molecule has 1 heterocycles. The van der Waals surface area contributed by atoms with Crippen molar-refractivity contribution in [1.82, 2.24) is 5.32 Å². The van der Waals surface area contributed by atoms with Gasteiger partial charge in [0, 0.05) is 5.39 Å². The second-order valence-corrected chi connectivity index (χ2v) is 5.73. The summed E-state index contributed by atoms with van der Waals surface area (Å²) in [5.41, 5.74) is 0.981. The van der Waals surface area contributed by atoms with E-state index in [9.17, 15) is 0 Å². The molecular formula is C18H27NO. The third-order valence-electron chi connectivity index (χ3n) is 4.13. The highest BCUT2D eigenvalue weighted by molar-refractivity contribution is 5.77. The molecule has 0 aliphatic rings. The number of furan rings is 1. The van der Waals surface area contributed by atoms with E-state index in [0.717, 1.165) is 23.8 Å². The standard InChI is InChI=1S/C18H27NO/c1-4-6-9-15(5-2)13-19-14(3)18-12-16-10-7-8-11-17(16)20-18/h7-8,10-12,14-15,19H,4-6,9,13H2,1-3H3. The second-order valence-electron chi connectivity index (χ2n) is 5.73. The molecule has 110 valence electrons. The second kappa shape index (κ2) is 7.49. The zero-order chi connectivity index (χ0) is 14.4. The van der Waals surface area contributed by atoms with E-state index in [2.05, 4.69) is 44.3 Å². The minimum Gasteiger partial charge on any atom is -0.459 e. The summed E-state index contributed by atoms with van der Waals surface area (Å²) in [5.74, 6) is 1.82. The van der Waals surface area contributed by atoms with Crippen molar-refractivity contribution in [2.45, 2.75) is 52.5 Å². The summed E-state index contributed by atoms with van der Waals surface area (Å²) < 4.78 is 5.91. The molecular weight excluding hydrogens is 246 g/mol. The molecule has 2 heteroatoms. The summed E-state index contributed by atoms with van der Waals surface area (Å²) in [6.45, 7) is 7.81. The summed E-state index contributed by atoms with van der Waals surface area (Å²) in [6, 6.07) is 10.6. The molecule has 0 aliphatic carbocycles. The molecule has 0 fully saturated rings. The summed E-state index contributed by atoms with van der Waals surface area (Å²) in [5, 5.41) is 4.82. The van der Waals surface area contributed by atoms with Crippen LogP contribution >= 0.6 is 0 Å². The van der Waals surface area contributed by atoms with Gasteiger partial charge in [0.25, 0.3) is 0 Å². The first kappa shape index (κ1) is 15.1. The zero-order valence-corrected chi connectivity index (χ0v) is 13.0. The number of hydrogen-bond donors (Lipinski definition) is 1. The molecule has 2 atom stereocenters. The van der Waals surface area contributed by atoms with Crippen LogP contribution in [0.3, 0.4) is 0 Å². The smallest absolute Gasteiger partial charge is 0.134 e. The van der Waals surface area contributed by atoms with E-state index in [1.165, 1.54) is 31.1 Å². The maximum absolute atomic E-state index is 5.91. The number of benzene rings is 1. The number of nitrogens with one attached hydrogen (secondary N) is 1. The average molecular weight is 273 g/mol. The van der Waals surface area contributed by atoms with Crippen molar-refractivity contribution in [1.29, 1.82) is 0 Å². The van der Waals surface area contributed by atoms with Crippen LogP contribution in [0.2, 0.25) is 0 Å². The first-order valence-corrected chi connectivity index (χ1v) is 7.96. The van der Waals surface area contributed by atoms with Gasteiger partial charge in [-0.2, -0.15) is 0 Å². The van der Waals surface area contributed by atoms with Crippen molar-refractivity contribution in [3.63, 3.8) is 0 Å². The van der Waals surface area contributed by atoms with Crippen LogP contribution in [-0.4, -0.2) is 6.54 Å². The fraction of sp³-hybridized carbons (Fsp3) is 0.556. The van der Waals surface area contributed by atoms with Gasteiger partial charge in [0.15, 0.2) is 0 Å². The Hall–Kier alpha value is -1.28. The summed E-state index contributed by atoms with van der Waals surface area (Å²) >= 11 is 0. The molecule has 0 saturated heterocycles. The van der Waals surface area contributed by atoms with Crippen LogP contribution in [0.4, 0.5) is 0 Å². The predicted molar refractivity (Wildman–Crippen MR) is 85.9 cm³/mol. The third kappa shape index (κ3) is 3.86. The number of hydrogen-bond acceptors (Lipinski definition) is 2. The highest BCUT2D eigenvalue weighted by Gasteiger charge is 2.13. The van der Waals surface area contributed by atoms with Crippen molar-refractivity contribution < 1.29 is 4.42 Å². The van der Waals surface area contributed by atoms with Crippen LogP contribution in [0.1, 0.15) is 58.3 Å². The number of para-hydroxylation sites is 1. The van der Waals surface area contributed by atoms with E-state index in [1.54, 1.807) is 0 Å². The van der Waals surface area contributed by atoms with Crippen LogP contribution in [0.15, 0.2) is 34.7 Å². The highest BCUT2D eigenvalue weighted by atomic mass is 16.3. The molecule has 2 rings (SSSR count). The van der Waals surface area contributed by atoms with E-state index in [1.807, 2.05) is 12.1 Å². The van der Waals surface area contributed by atoms with Crippen molar-refractivity contribution in [3.05, 3.63) is 36.1 Å². The van der Waals surface area contributed by atoms with Crippen LogP contribution in [-0.2, 0) is 0 Å². The van der Waals surface area contributed by atoms with Crippen LogP contribution in [0.25, 0.3) is 11.0 Å². The van der Waals surface area contributed by atoms with Crippen molar-refractivity contribution in [2.24, 2.45) is 5.92 Å². The lowest BCUT2D eigenvalue weighted by molar-refractivity contribution is 0.375. The first-order valence-electron chi connectivity index (χ1n) is 7.96. The molecule has 1 N–H and O–H groups in total. The minimum atomic E-state index is 0.276. The van der Waals surface area contributed by atoms with Gasteiger partial charge in [-0.1, -0.05) is 51.3 Å². The zero-order valence-electron chi connectivity index (χ0n) is 13.0. The van der Waals surface area contributed by atoms with E-state index in [0.29, 0.717) is 0 Å². The van der Waals surface area contributed by atoms with Gasteiger partial charge >= 0.3 is 0 Å². The third-order valence-corrected chi connectivity index (χ3v) is 4.13. The Labute approximate surface area is 122 Å². The Bertz CT molecular complexity index is 484. The maximum Gasteiger partial charge on any atom is 0.134 e. The van der Waals surface area contributed by atoms with E-state index >= 15 is 0 Å². The average Bonchev–Trinajstić information content (AvgIpc) is 2.91. The Morgan fingerprint density at radius 2 is 2.00 bits per heavy atom. The Balaban J connectivity index is 1.92. The number of rotatable bonds is 8. The lowest BCUT2D eigenvalue weighted by Gasteiger charge is -2.18. The largest absolute Gasteiger partial charge is 0.459 e. The monoisotopic (exact) mass is 273 g/mol. The maximum atomic E-state index is 5.91. The van der Waals surface area contributed by atoms with Gasteiger partial charge in [-0.15, -0.1) is 0 Å². The molecule has 0 radical (unpaired) electrons. The van der Waals surface area contributed by atoms with Crippen molar-refractivity contribution >= 4 is 11.0 Å². The van der Waals surface area contributed by atoms with E-state index in [-0.39, 0.29) is 6.04 Å². The molecule has 0 bridgehead atoms. The fourth-order valence-electron chi connectivity index (χ4n) is 2.60. The molecule has 2 nitrogen and oxygen atoms in total. The number of fused-ring (bicyclic) bond motifs is 1. The van der Waals surface area contributed by atoms with Gasteiger partial charge in [0.05, 0.1) is 6.04 Å². The van der Waals surface area contributed by atoms with Gasteiger partial charge in [-0.05, 0) is 37.9 Å². The lowest BCUT2D eigenvalue weighted by atomic mass is 9.99. The molecule has 0 amide bonds. The van der Waals surface area contributed by atoms with Crippen LogP contribution in [0.5, 0.6) is 0 Å². The highest BCUT2D eigenvalue weighted by Crippen LogP contribution is 2.24.